The molecule has 10 nitrogen and oxygen atoms in total. The predicted molar refractivity (Wildman–Crippen MR) is 137 cm³/mol. The molecule has 196 valence electrons. The normalized spacial score (nSPS) is 11.5. The fourth-order valence-electron chi connectivity index (χ4n) is 3.58. The van der Waals surface area contributed by atoms with Gasteiger partial charge in [0.25, 0.3) is 5.69 Å². The fraction of sp³-hybridized carbons (Fsp3) is 0.462. The molecule has 2 N–H and O–H groups in total. The summed E-state index contributed by atoms with van der Waals surface area (Å²) in [5, 5.41) is 23.2. The van der Waals surface area contributed by atoms with E-state index in [4.69, 9.17) is 9.47 Å². The molecule has 0 aliphatic rings. The minimum atomic E-state index is -1.00. The standard InChI is InChI=1S/C26H35N3O7/c1-4-6-7-14-28(26(32)27-21-11-8-19(3)23(18-21)29(33)34)15-16-36-22-12-9-20(10-13-22)17-24(25(30)31)35-5-2/h8-13,18,24H,4-7,14-17H2,1-3H3,(H,27,32)(H,30,31). The van der Waals surface area contributed by atoms with Crippen molar-refractivity contribution in [3.05, 3.63) is 63.7 Å². The Labute approximate surface area is 211 Å². The number of aliphatic carboxylic acids is 1. The van der Waals surface area contributed by atoms with E-state index in [0.717, 1.165) is 24.8 Å². The third-order valence-corrected chi connectivity index (χ3v) is 5.59. The average molecular weight is 502 g/mol. The monoisotopic (exact) mass is 501 g/mol. The smallest absolute Gasteiger partial charge is 0.333 e. The number of aryl methyl sites for hydroxylation is 1. The van der Waals surface area contributed by atoms with Gasteiger partial charge in [0.1, 0.15) is 12.4 Å². The van der Waals surface area contributed by atoms with Crippen molar-refractivity contribution in [1.29, 1.82) is 0 Å². The number of ether oxygens (including phenoxy) is 2. The number of urea groups is 1. The molecule has 0 aliphatic heterocycles. The number of hydrogen-bond donors (Lipinski definition) is 2. The molecule has 0 fully saturated rings. The van der Waals surface area contributed by atoms with Crippen LogP contribution in [-0.2, 0) is 16.0 Å². The lowest BCUT2D eigenvalue weighted by molar-refractivity contribution is -0.385. The van der Waals surface area contributed by atoms with Gasteiger partial charge in [0.15, 0.2) is 6.10 Å². The van der Waals surface area contributed by atoms with Crippen molar-refractivity contribution < 1.29 is 29.1 Å². The van der Waals surface area contributed by atoms with E-state index in [0.29, 0.717) is 36.7 Å². The van der Waals surface area contributed by atoms with Crippen LogP contribution in [0.3, 0.4) is 0 Å². The highest BCUT2D eigenvalue weighted by atomic mass is 16.6. The Bertz CT molecular complexity index is 1010. The molecule has 0 aliphatic carbocycles. The Morgan fingerprint density at radius 1 is 1.11 bits per heavy atom. The van der Waals surface area contributed by atoms with Gasteiger partial charge in [-0.05, 0) is 44.0 Å². The molecule has 0 bridgehead atoms. The minimum Gasteiger partial charge on any atom is -0.492 e. The summed E-state index contributed by atoms with van der Waals surface area (Å²) >= 11 is 0. The number of hydrogen-bond acceptors (Lipinski definition) is 6. The molecule has 0 aromatic heterocycles. The van der Waals surface area contributed by atoms with E-state index in [1.54, 1.807) is 55.1 Å². The van der Waals surface area contributed by atoms with Crippen molar-refractivity contribution in [2.45, 2.75) is 52.6 Å². The van der Waals surface area contributed by atoms with Crippen molar-refractivity contribution in [3.63, 3.8) is 0 Å². The first kappa shape index (κ1) is 28.6. The molecule has 1 unspecified atom stereocenters. The number of carbonyl (C=O) groups excluding carboxylic acids is 1. The molecule has 0 saturated carbocycles. The highest BCUT2D eigenvalue weighted by molar-refractivity contribution is 5.89. The van der Waals surface area contributed by atoms with Gasteiger partial charge >= 0.3 is 12.0 Å². The van der Waals surface area contributed by atoms with E-state index in [-0.39, 0.29) is 24.7 Å². The maximum absolute atomic E-state index is 12.9. The zero-order chi connectivity index (χ0) is 26.5. The van der Waals surface area contributed by atoms with Gasteiger partial charge in [-0.1, -0.05) is 38.0 Å². The lowest BCUT2D eigenvalue weighted by atomic mass is 10.1. The van der Waals surface area contributed by atoms with E-state index < -0.39 is 17.0 Å². The van der Waals surface area contributed by atoms with E-state index in [2.05, 4.69) is 12.2 Å². The number of nitrogens with one attached hydrogen (secondary N) is 1. The van der Waals surface area contributed by atoms with Crippen LogP contribution < -0.4 is 10.1 Å². The van der Waals surface area contributed by atoms with Crippen molar-refractivity contribution in [2.24, 2.45) is 0 Å². The molecule has 1 atom stereocenters. The first-order chi connectivity index (χ1) is 17.2. The highest BCUT2D eigenvalue weighted by Crippen LogP contribution is 2.22. The highest BCUT2D eigenvalue weighted by Gasteiger charge is 2.18. The molecule has 36 heavy (non-hydrogen) atoms. The van der Waals surface area contributed by atoms with E-state index >= 15 is 0 Å². The maximum atomic E-state index is 12.9. The first-order valence-electron chi connectivity index (χ1n) is 12.1. The van der Waals surface area contributed by atoms with Gasteiger partial charge in [-0.15, -0.1) is 0 Å². The SMILES string of the molecule is CCCCCN(CCOc1ccc(CC(OCC)C(=O)O)cc1)C(=O)Nc1ccc(C)c([N+](=O)[O-])c1. The van der Waals surface area contributed by atoms with Gasteiger partial charge < -0.3 is 24.8 Å². The summed E-state index contributed by atoms with van der Waals surface area (Å²) in [7, 11) is 0. The van der Waals surface area contributed by atoms with Crippen LogP contribution in [0.1, 0.15) is 44.2 Å². The maximum Gasteiger partial charge on any atom is 0.333 e. The Kier molecular flexibility index (Phi) is 11.6. The zero-order valence-corrected chi connectivity index (χ0v) is 21.1. The number of anilines is 1. The molecule has 2 aromatic rings. The van der Waals surface area contributed by atoms with Crippen LogP contribution in [0.5, 0.6) is 5.75 Å². The van der Waals surface area contributed by atoms with Gasteiger partial charge in [0.05, 0.1) is 11.5 Å². The zero-order valence-electron chi connectivity index (χ0n) is 21.1. The number of unbranched alkanes of at least 4 members (excludes halogenated alkanes) is 2. The quantitative estimate of drug-likeness (QED) is 0.199. The Morgan fingerprint density at radius 2 is 1.83 bits per heavy atom. The van der Waals surface area contributed by atoms with Crippen LogP contribution in [-0.4, -0.2) is 59.3 Å². The molecule has 2 rings (SSSR count). The number of benzene rings is 2. The van der Waals surface area contributed by atoms with Crippen LogP contribution in [0.2, 0.25) is 0 Å². The van der Waals surface area contributed by atoms with Crippen LogP contribution in [0.15, 0.2) is 42.5 Å². The van der Waals surface area contributed by atoms with Gasteiger partial charge in [-0.2, -0.15) is 0 Å². The van der Waals surface area contributed by atoms with Crippen LogP contribution in [0.4, 0.5) is 16.2 Å². The number of nitro benzene ring substituents is 1. The lowest BCUT2D eigenvalue weighted by Gasteiger charge is -2.23. The summed E-state index contributed by atoms with van der Waals surface area (Å²) in [6, 6.07) is 11.4. The third-order valence-electron chi connectivity index (χ3n) is 5.59. The number of carboxylic acid groups (broad SMARTS) is 1. The molecule has 10 heteroatoms. The Balaban J connectivity index is 1.96. The van der Waals surface area contributed by atoms with Crippen molar-refractivity contribution in [2.75, 3.05) is 31.6 Å². The lowest BCUT2D eigenvalue weighted by Crippen LogP contribution is -2.38. The Morgan fingerprint density at radius 3 is 2.44 bits per heavy atom. The van der Waals surface area contributed by atoms with Crippen LogP contribution in [0.25, 0.3) is 0 Å². The second-order valence-electron chi connectivity index (χ2n) is 8.36. The first-order valence-corrected chi connectivity index (χ1v) is 12.1. The van der Waals surface area contributed by atoms with Crippen molar-refractivity contribution in [1.82, 2.24) is 4.90 Å². The number of nitrogens with zero attached hydrogens (tertiary/aromatic N) is 2. The molecular weight excluding hydrogens is 466 g/mol. The third kappa shape index (κ3) is 9.18. The average Bonchev–Trinajstić information content (AvgIpc) is 2.84. The molecular formula is C26H35N3O7. The summed E-state index contributed by atoms with van der Waals surface area (Å²) < 4.78 is 11.1. The van der Waals surface area contributed by atoms with E-state index in [1.807, 2.05) is 0 Å². The minimum absolute atomic E-state index is 0.0481. The van der Waals surface area contributed by atoms with Crippen molar-refractivity contribution in [3.8, 4) is 5.75 Å². The van der Waals surface area contributed by atoms with Gasteiger partial charge in [-0.3, -0.25) is 10.1 Å². The predicted octanol–water partition coefficient (Wildman–Crippen LogP) is 5.04. The van der Waals surface area contributed by atoms with Crippen LogP contribution >= 0.6 is 0 Å². The summed E-state index contributed by atoms with van der Waals surface area (Å²) in [6.45, 7) is 6.92. The second-order valence-corrected chi connectivity index (χ2v) is 8.36. The number of nitro groups is 1. The molecule has 0 spiro atoms. The van der Waals surface area contributed by atoms with Crippen molar-refractivity contribution >= 4 is 23.4 Å². The summed E-state index contributed by atoms with van der Waals surface area (Å²) in [5.74, 6) is -0.399. The van der Waals surface area contributed by atoms with Gasteiger partial charge in [-0.25, -0.2) is 9.59 Å². The Hall–Kier alpha value is -3.66. The van der Waals surface area contributed by atoms with Gasteiger partial charge in [0, 0.05) is 36.9 Å². The molecule has 0 radical (unpaired) electrons. The molecule has 2 amide bonds. The number of carbonyl (C=O) groups is 2. The number of rotatable bonds is 15. The largest absolute Gasteiger partial charge is 0.492 e. The molecule has 0 heterocycles. The summed E-state index contributed by atoms with van der Waals surface area (Å²) in [4.78, 5) is 36.5. The topological polar surface area (TPSA) is 131 Å². The van der Waals surface area contributed by atoms with Gasteiger partial charge in [0.2, 0.25) is 0 Å². The van der Waals surface area contributed by atoms with Crippen LogP contribution in [0, 0.1) is 17.0 Å². The van der Waals surface area contributed by atoms with E-state index in [9.17, 15) is 24.8 Å². The summed E-state index contributed by atoms with van der Waals surface area (Å²) in [6.07, 6.45) is 2.17. The number of carboxylic acids is 1. The molecule has 0 saturated heterocycles. The second kappa shape index (κ2) is 14.7. The van der Waals surface area contributed by atoms with E-state index in [1.165, 1.54) is 6.07 Å². The fourth-order valence-corrected chi connectivity index (χ4v) is 3.58. The summed E-state index contributed by atoms with van der Waals surface area (Å²) in [5.41, 5.74) is 1.65. The number of amides is 2. The molecule has 2 aromatic carbocycles.